The highest BCUT2D eigenvalue weighted by Gasteiger charge is 2.25. The lowest BCUT2D eigenvalue weighted by atomic mass is 9.83. The van der Waals surface area contributed by atoms with Crippen LogP contribution < -0.4 is 4.74 Å². The molecule has 3 rings (SSSR count). The molecule has 0 amide bonds. The monoisotopic (exact) mass is 274 g/mol. The Labute approximate surface area is 117 Å². The van der Waals surface area contributed by atoms with Crippen LogP contribution in [0.3, 0.4) is 0 Å². The second-order valence-electron chi connectivity index (χ2n) is 5.00. The number of aromatic nitrogens is 1. The standard InChI is InChI=1S/C15H15ClN2O/c1-19-14-7-10-13(8-11(14)16)18-12-4-2-3-9(5-6-17)15(10)12/h7-9,18H,2-5H2,1H3. The maximum atomic E-state index is 8.99. The first-order valence-corrected chi connectivity index (χ1v) is 6.87. The molecule has 2 aromatic rings. The molecule has 1 aromatic heterocycles. The van der Waals surface area contributed by atoms with Crippen molar-refractivity contribution in [3.63, 3.8) is 0 Å². The lowest BCUT2D eigenvalue weighted by Crippen LogP contribution is -2.08. The smallest absolute Gasteiger partial charge is 0.138 e. The van der Waals surface area contributed by atoms with Crippen LogP contribution in [-0.2, 0) is 6.42 Å². The molecule has 19 heavy (non-hydrogen) atoms. The Kier molecular flexibility index (Phi) is 3.12. The molecule has 1 aliphatic carbocycles. The number of nitrogens with one attached hydrogen (secondary N) is 1. The molecule has 1 heterocycles. The van der Waals surface area contributed by atoms with Gasteiger partial charge in [0.1, 0.15) is 5.75 Å². The van der Waals surface area contributed by atoms with Gasteiger partial charge in [-0.1, -0.05) is 11.6 Å². The van der Waals surface area contributed by atoms with E-state index in [1.807, 2.05) is 12.1 Å². The molecule has 1 unspecified atom stereocenters. The Hall–Kier alpha value is -1.66. The predicted molar refractivity (Wildman–Crippen MR) is 75.8 cm³/mol. The van der Waals surface area contributed by atoms with Crippen LogP contribution in [0.1, 0.15) is 36.4 Å². The Bertz CT molecular complexity index is 669. The van der Waals surface area contributed by atoms with Gasteiger partial charge in [0.15, 0.2) is 0 Å². The minimum atomic E-state index is 0.327. The highest BCUT2D eigenvalue weighted by Crippen LogP contribution is 2.41. The summed E-state index contributed by atoms with van der Waals surface area (Å²) in [6, 6.07) is 6.20. The van der Waals surface area contributed by atoms with Crippen molar-refractivity contribution in [1.29, 1.82) is 5.26 Å². The van der Waals surface area contributed by atoms with Gasteiger partial charge in [-0.3, -0.25) is 0 Å². The first-order chi connectivity index (χ1) is 9.24. The van der Waals surface area contributed by atoms with Crippen LogP contribution in [0.4, 0.5) is 0 Å². The van der Waals surface area contributed by atoms with E-state index in [0.29, 0.717) is 23.1 Å². The van der Waals surface area contributed by atoms with E-state index in [0.717, 1.165) is 30.2 Å². The highest BCUT2D eigenvalue weighted by atomic mass is 35.5. The summed E-state index contributed by atoms with van der Waals surface area (Å²) in [5.41, 5.74) is 3.59. The summed E-state index contributed by atoms with van der Waals surface area (Å²) < 4.78 is 5.30. The minimum Gasteiger partial charge on any atom is -0.495 e. The summed E-state index contributed by atoms with van der Waals surface area (Å²) in [5.74, 6) is 1.02. The van der Waals surface area contributed by atoms with Crippen LogP contribution in [0, 0.1) is 11.3 Å². The van der Waals surface area contributed by atoms with Crippen LogP contribution in [0.5, 0.6) is 5.75 Å². The molecule has 1 aromatic carbocycles. The minimum absolute atomic E-state index is 0.327. The quantitative estimate of drug-likeness (QED) is 0.894. The Balaban J connectivity index is 2.22. The van der Waals surface area contributed by atoms with Gasteiger partial charge in [0.2, 0.25) is 0 Å². The molecule has 1 atom stereocenters. The first kappa shape index (κ1) is 12.4. The summed E-state index contributed by atoms with van der Waals surface area (Å²) in [6.45, 7) is 0. The summed E-state index contributed by atoms with van der Waals surface area (Å²) in [4.78, 5) is 3.45. The third-order valence-corrected chi connectivity index (χ3v) is 4.21. The largest absolute Gasteiger partial charge is 0.495 e. The Morgan fingerprint density at radius 2 is 2.37 bits per heavy atom. The number of H-pyrrole nitrogens is 1. The van der Waals surface area contributed by atoms with Crippen LogP contribution in [-0.4, -0.2) is 12.1 Å². The van der Waals surface area contributed by atoms with Gasteiger partial charge in [-0.2, -0.15) is 5.26 Å². The van der Waals surface area contributed by atoms with Crippen molar-refractivity contribution in [3.8, 4) is 11.8 Å². The van der Waals surface area contributed by atoms with Gasteiger partial charge in [-0.15, -0.1) is 0 Å². The van der Waals surface area contributed by atoms with E-state index in [1.165, 1.54) is 11.3 Å². The van der Waals surface area contributed by atoms with E-state index in [9.17, 15) is 0 Å². The second-order valence-corrected chi connectivity index (χ2v) is 5.41. The van der Waals surface area contributed by atoms with Gasteiger partial charge in [0.05, 0.1) is 18.2 Å². The maximum absolute atomic E-state index is 8.99. The van der Waals surface area contributed by atoms with E-state index in [2.05, 4.69) is 11.1 Å². The molecule has 0 saturated heterocycles. The topological polar surface area (TPSA) is 48.8 Å². The van der Waals surface area contributed by atoms with Crippen molar-refractivity contribution in [2.45, 2.75) is 31.6 Å². The van der Waals surface area contributed by atoms with Crippen molar-refractivity contribution in [2.24, 2.45) is 0 Å². The third kappa shape index (κ3) is 1.97. The zero-order valence-corrected chi connectivity index (χ0v) is 11.5. The summed E-state index contributed by atoms with van der Waals surface area (Å²) in [7, 11) is 1.62. The highest BCUT2D eigenvalue weighted by molar-refractivity contribution is 6.32. The molecule has 0 fully saturated rings. The fourth-order valence-electron chi connectivity index (χ4n) is 3.08. The Morgan fingerprint density at radius 1 is 1.53 bits per heavy atom. The van der Waals surface area contributed by atoms with Crippen LogP contribution in [0.25, 0.3) is 10.9 Å². The lowest BCUT2D eigenvalue weighted by Gasteiger charge is -2.20. The normalized spacial score (nSPS) is 18.1. The van der Waals surface area contributed by atoms with Crippen LogP contribution in [0.2, 0.25) is 5.02 Å². The molecule has 0 saturated carbocycles. The average Bonchev–Trinajstić information content (AvgIpc) is 2.76. The van der Waals surface area contributed by atoms with Crippen molar-refractivity contribution < 1.29 is 4.74 Å². The molecular formula is C15H15ClN2O. The molecular weight excluding hydrogens is 260 g/mol. The van der Waals surface area contributed by atoms with Gasteiger partial charge >= 0.3 is 0 Å². The number of ether oxygens (including phenoxy) is 1. The van der Waals surface area contributed by atoms with Gasteiger partial charge in [0.25, 0.3) is 0 Å². The number of nitriles is 1. The number of fused-ring (bicyclic) bond motifs is 3. The number of hydrogen-bond acceptors (Lipinski definition) is 2. The molecule has 0 aliphatic heterocycles. The molecule has 1 N–H and O–H groups in total. The number of nitrogens with zero attached hydrogens (tertiary/aromatic N) is 1. The summed E-state index contributed by atoms with van der Waals surface area (Å²) in [6.07, 6.45) is 3.84. The molecule has 0 bridgehead atoms. The molecule has 98 valence electrons. The molecule has 4 heteroatoms. The second kappa shape index (κ2) is 4.79. The average molecular weight is 275 g/mol. The molecule has 0 radical (unpaired) electrons. The predicted octanol–water partition coefficient (Wildman–Crippen LogP) is 4.16. The van der Waals surface area contributed by atoms with Crippen molar-refractivity contribution in [3.05, 3.63) is 28.4 Å². The van der Waals surface area contributed by atoms with Crippen molar-refractivity contribution in [1.82, 2.24) is 4.98 Å². The van der Waals surface area contributed by atoms with Crippen LogP contribution in [0.15, 0.2) is 12.1 Å². The number of halogens is 1. The van der Waals surface area contributed by atoms with Gasteiger partial charge in [0, 0.05) is 23.0 Å². The zero-order valence-electron chi connectivity index (χ0n) is 10.8. The number of benzene rings is 1. The summed E-state index contributed by atoms with van der Waals surface area (Å²) >= 11 is 6.17. The SMILES string of the molecule is COc1cc2c3c([nH]c2cc1Cl)CCCC3CC#N. The maximum Gasteiger partial charge on any atom is 0.138 e. The first-order valence-electron chi connectivity index (χ1n) is 6.49. The van der Waals surface area contributed by atoms with E-state index in [-0.39, 0.29) is 0 Å². The number of methoxy groups -OCH3 is 1. The van der Waals surface area contributed by atoms with Gasteiger partial charge < -0.3 is 9.72 Å². The number of hydrogen-bond donors (Lipinski definition) is 1. The molecule has 3 nitrogen and oxygen atoms in total. The van der Waals surface area contributed by atoms with E-state index in [4.69, 9.17) is 21.6 Å². The van der Waals surface area contributed by atoms with Gasteiger partial charge in [-0.25, -0.2) is 0 Å². The van der Waals surface area contributed by atoms with Crippen molar-refractivity contribution in [2.75, 3.05) is 7.11 Å². The van der Waals surface area contributed by atoms with Crippen molar-refractivity contribution >= 4 is 22.5 Å². The molecule has 1 aliphatic rings. The number of aromatic amines is 1. The zero-order chi connectivity index (χ0) is 13.4. The summed E-state index contributed by atoms with van der Waals surface area (Å²) in [5, 5.41) is 10.8. The van der Waals surface area contributed by atoms with E-state index < -0.39 is 0 Å². The van der Waals surface area contributed by atoms with Gasteiger partial charge in [-0.05, 0) is 42.9 Å². The fourth-order valence-corrected chi connectivity index (χ4v) is 3.32. The number of aryl methyl sites for hydroxylation is 1. The molecule has 0 spiro atoms. The Morgan fingerprint density at radius 3 is 3.11 bits per heavy atom. The van der Waals surface area contributed by atoms with Crippen LogP contribution >= 0.6 is 11.6 Å². The van der Waals surface area contributed by atoms with E-state index in [1.54, 1.807) is 7.11 Å². The number of rotatable bonds is 2. The third-order valence-electron chi connectivity index (χ3n) is 3.92. The lowest BCUT2D eigenvalue weighted by molar-refractivity contribution is 0.415. The fraction of sp³-hybridized carbons (Fsp3) is 0.400. The van der Waals surface area contributed by atoms with E-state index >= 15 is 0 Å².